The second-order valence-corrected chi connectivity index (χ2v) is 37.4. The summed E-state index contributed by atoms with van der Waals surface area (Å²) in [6.07, 6.45) is -0.700. The van der Waals surface area contributed by atoms with Crippen LogP contribution in [-0.4, -0.2) is 62.0 Å². The first-order valence-corrected chi connectivity index (χ1v) is 25.2. The molecule has 0 aromatic carbocycles. The van der Waals surface area contributed by atoms with E-state index in [1.165, 1.54) is 0 Å². The fourth-order valence-corrected chi connectivity index (χ4v) is 43.3. The quantitative estimate of drug-likeness (QED) is 0.201. The van der Waals surface area contributed by atoms with Crippen LogP contribution in [0.2, 0.25) is 44.3 Å². The first kappa shape index (κ1) is 36.7. The van der Waals surface area contributed by atoms with Crippen molar-refractivity contribution in [2.45, 2.75) is 193 Å². The van der Waals surface area contributed by atoms with Crippen LogP contribution < -0.4 is 0 Å². The molecule has 0 spiro atoms. The lowest BCUT2D eigenvalue weighted by molar-refractivity contribution is -0.219. The van der Waals surface area contributed by atoms with E-state index in [2.05, 4.69) is 118 Å². The average molecular weight is 603 g/mol. The zero-order chi connectivity index (χ0) is 29.9. The molecule has 2 radical (unpaired) electrons. The fraction of sp³-hybridized carbons (Fsp3) is 1.00. The maximum absolute atomic E-state index is 10.9. The van der Waals surface area contributed by atoms with Gasteiger partial charge in [-0.1, -0.05) is 133 Å². The summed E-state index contributed by atoms with van der Waals surface area (Å²) in [5.41, 5.74) is 4.66. The molecule has 1 aliphatic rings. The van der Waals surface area contributed by atoms with Crippen molar-refractivity contribution < 1.29 is 18.7 Å². The summed E-state index contributed by atoms with van der Waals surface area (Å²) in [4.78, 5) is 0. The van der Waals surface area contributed by atoms with Crippen LogP contribution in [0.3, 0.4) is 0 Å². The van der Waals surface area contributed by atoms with Gasteiger partial charge >= 0.3 is 0 Å². The van der Waals surface area contributed by atoms with Gasteiger partial charge in [0.05, 0.1) is 34.9 Å². The van der Waals surface area contributed by atoms with Gasteiger partial charge in [-0.25, -0.2) is 0 Å². The highest BCUT2D eigenvalue weighted by Gasteiger charge is 2.58. The molecular formula is C30H66O4Si4. The largest absolute Gasteiger partial charge is 0.413 e. The Labute approximate surface area is 243 Å². The van der Waals surface area contributed by atoms with Crippen molar-refractivity contribution in [3.8, 4) is 0 Å². The summed E-state index contributed by atoms with van der Waals surface area (Å²) in [5.74, 6) is 0. The van der Waals surface area contributed by atoms with E-state index in [0.717, 1.165) is 0 Å². The fourth-order valence-electron chi connectivity index (χ4n) is 8.26. The molecule has 0 saturated carbocycles. The van der Waals surface area contributed by atoms with Gasteiger partial charge in [0.2, 0.25) is 0 Å². The second-order valence-electron chi connectivity index (χ2n) is 14.5. The van der Waals surface area contributed by atoms with Gasteiger partial charge in [0, 0.05) is 6.42 Å². The van der Waals surface area contributed by atoms with Gasteiger partial charge in [0.1, 0.15) is 0 Å². The van der Waals surface area contributed by atoms with E-state index >= 15 is 0 Å². The molecule has 4 atom stereocenters. The van der Waals surface area contributed by atoms with E-state index in [0.29, 0.717) is 50.8 Å². The molecule has 0 amide bonds. The topological polar surface area (TPSA) is 47.9 Å². The van der Waals surface area contributed by atoms with Gasteiger partial charge in [-0.05, 0) is 29.1 Å². The lowest BCUT2D eigenvalue weighted by atomic mass is 10.0. The predicted octanol–water partition coefficient (Wildman–Crippen LogP) is 9.20. The van der Waals surface area contributed by atoms with E-state index in [9.17, 15) is 5.11 Å². The highest BCUT2D eigenvalue weighted by molar-refractivity contribution is 7.33. The molecule has 226 valence electrons. The van der Waals surface area contributed by atoms with Crippen LogP contribution in [0, 0.1) is 0 Å². The Hall–Kier alpha value is 0.708. The molecule has 1 saturated heterocycles. The van der Waals surface area contributed by atoms with Crippen molar-refractivity contribution >= 4 is 32.3 Å². The summed E-state index contributed by atoms with van der Waals surface area (Å²) < 4.78 is 21.6. The molecule has 1 N–H and O–H groups in total. The third kappa shape index (κ3) is 7.56. The number of aliphatic hydroxyl groups excluding tert-OH is 1. The molecule has 1 aliphatic heterocycles. The van der Waals surface area contributed by atoms with E-state index in [1.54, 1.807) is 0 Å². The highest BCUT2D eigenvalue weighted by atomic mass is 29.2. The standard InChI is InChI=1S/C30H66O4Si4/c1-19(2)35(20(3)4)37(23(9)10,24(11)12)33-28-18-29(31)32-27(17)30(28)34-38(25(13)14,26(15)16)36(21(5)6)22(7)8/h19-31H,18H2,1-17H3/t27-,28-,29+,30-/m0/s1. The molecule has 4 nitrogen and oxygen atoms in total. The lowest BCUT2D eigenvalue weighted by Gasteiger charge is -2.55. The first-order chi connectivity index (χ1) is 17.3. The Bertz CT molecular complexity index is 664. The van der Waals surface area contributed by atoms with Crippen molar-refractivity contribution in [3.05, 3.63) is 0 Å². The van der Waals surface area contributed by atoms with Crippen molar-refractivity contribution in [2.24, 2.45) is 0 Å². The van der Waals surface area contributed by atoms with Crippen LogP contribution in [-0.2, 0) is 13.6 Å². The highest BCUT2D eigenvalue weighted by Crippen LogP contribution is 2.48. The SMILES string of the molecule is CC(C)[Si](C(C)C)[Si](O[C@H]1[C@H](C)O[C@@H](O)C[C@@H]1O[Si](C(C)C)(C(C)C)[Si](C(C)C)C(C)C)(C(C)C)C(C)C. The maximum atomic E-state index is 10.9. The number of rotatable bonds is 14. The summed E-state index contributed by atoms with van der Waals surface area (Å²) in [5, 5.41) is 10.9. The zero-order valence-corrected chi connectivity index (χ0v) is 32.3. The molecular weight excluding hydrogens is 537 g/mol. The Kier molecular flexibility index (Phi) is 14.3. The van der Waals surface area contributed by atoms with Crippen molar-refractivity contribution in [1.82, 2.24) is 0 Å². The van der Waals surface area contributed by atoms with Crippen molar-refractivity contribution in [3.63, 3.8) is 0 Å². The van der Waals surface area contributed by atoms with Gasteiger partial charge in [-0.3, -0.25) is 0 Å². The van der Waals surface area contributed by atoms with E-state index in [4.69, 9.17) is 13.6 Å². The minimum atomic E-state index is -2.22. The minimum Gasteiger partial charge on any atom is -0.413 e. The number of hydrogen-bond donors (Lipinski definition) is 1. The average Bonchev–Trinajstić information content (AvgIpc) is 2.72. The minimum absolute atomic E-state index is 0.116. The van der Waals surface area contributed by atoms with Gasteiger partial charge in [0.25, 0.3) is 0 Å². The molecule has 1 rings (SSSR count). The van der Waals surface area contributed by atoms with Gasteiger partial charge in [0.15, 0.2) is 22.0 Å². The molecule has 0 aromatic rings. The molecule has 1 fully saturated rings. The Morgan fingerprint density at radius 3 is 1.21 bits per heavy atom. The van der Waals surface area contributed by atoms with E-state index in [-0.39, 0.29) is 18.3 Å². The van der Waals surface area contributed by atoms with Gasteiger partial charge in [-0.2, -0.15) is 0 Å². The molecule has 0 aliphatic carbocycles. The smallest absolute Gasteiger partial charge is 0.183 e. The van der Waals surface area contributed by atoms with Gasteiger partial charge in [-0.15, -0.1) is 0 Å². The van der Waals surface area contributed by atoms with Crippen molar-refractivity contribution in [2.75, 3.05) is 0 Å². The molecule has 0 unspecified atom stereocenters. The van der Waals surface area contributed by atoms with Crippen LogP contribution in [0.5, 0.6) is 0 Å². The van der Waals surface area contributed by atoms with Crippen LogP contribution in [0.25, 0.3) is 0 Å². The zero-order valence-electron chi connectivity index (χ0n) is 28.3. The summed E-state index contributed by atoms with van der Waals surface area (Å²) in [7, 11) is -6.02. The third-order valence-corrected chi connectivity index (χ3v) is 44.1. The van der Waals surface area contributed by atoms with Crippen molar-refractivity contribution in [1.29, 1.82) is 0 Å². The molecule has 0 aromatic heterocycles. The normalized spacial score (nSPS) is 24.3. The van der Waals surface area contributed by atoms with Crippen LogP contribution >= 0.6 is 0 Å². The van der Waals surface area contributed by atoms with E-state index < -0.39 is 38.6 Å². The summed E-state index contributed by atoms with van der Waals surface area (Å²) in [6, 6.07) is 0. The number of aliphatic hydroxyl groups is 1. The Morgan fingerprint density at radius 2 is 0.921 bits per heavy atom. The molecule has 38 heavy (non-hydrogen) atoms. The summed E-state index contributed by atoms with van der Waals surface area (Å²) in [6.45, 7) is 40.9. The monoisotopic (exact) mass is 602 g/mol. The predicted molar refractivity (Wildman–Crippen MR) is 175 cm³/mol. The lowest BCUT2D eigenvalue weighted by Crippen LogP contribution is -2.68. The van der Waals surface area contributed by atoms with Crippen LogP contribution in [0.1, 0.15) is 124 Å². The molecule has 8 heteroatoms. The summed E-state index contributed by atoms with van der Waals surface area (Å²) >= 11 is 0. The molecule has 0 bridgehead atoms. The number of ether oxygens (including phenoxy) is 1. The maximum Gasteiger partial charge on any atom is 0.183 e. The Morgan fingerprint density at radius 1 is 0.605 bits per heavy atom. The van der Waals surface area contributed by atoms with Crippen LogP contribution in [0.4, 0.5) is 0 Å². The Balaban J connectivity index is 3.79. The van der Waals surface area contributed by atoms with Crippen LogP contribution in [0.15, 0.2) is 0 Å². The van der Waals surface area contributed by atoms with E-state index in [1.807, 2.05) is 0 Å². The first-order valence-electron chi connectivity index (χ1n) is 15.7. The van der Waals surface area contributed by atoms with Gasteiger partial charge < -0.3 is 18.7 Å². The third-order valence-electron chi connectivity index (χ3n) is 9.13. The molecule has 1 heterocycles. The second kappa shape index (κ2) is 14.7. The number of hydrogen-bond acceptors (Lipinski definition) is 4.